The molecule has 5 rings (SSSR count). The van der Waals surface area contributed by atoms with Crippen LogP contribution in [-0.4, -0.2) is 13.1 Å². The summed E-state index contributed by atoms with van der Waals surface area (Å²) in [5.74, 6) is 3.31. The molecule has 23 heavy (non-hydrogen) atoms. The lowest BCUT2D eigenvalue weighted by Gasteiger charge is -2.68. The highest BCUT2D eigenvalue weighted by molar-refractivity contribution is 5.77. The third-order valence-electron chi connectivity index (χ3n) is 9.18. The van der Waals surface area contributed by atoms with E-state index in [9.17, 15) is 4.79 Å². The highest BCUT2D eigenvalue weighted by atomic mass is 16.5. The van der Waals surface area contributed by atoms with Crippen LogP contribution in [0.2, 0.25) is 0 Å². The van der Waals surface area contributed by atoms with Crippen LogP contribution in [-0.2, 0) is 9.53 Å². The molecule has 5 saturated carbocycles. The van der Waals surface area contributed by atoms with Crippen LogP contribution in [0.25, 0.3) is 0 Å². The van der Waals surface area contributed by atoms with Crippen LogP contribution in [0.1, 0.15) is 78.6 Å². The lowest BCUT2D eigenvalue weighted by Crippen LogP contribution is -2.62. The topological polar surface area (TPSA) is 26.3 Å². The molecule has 0 N–H and O–H groups in total. The molecule has 1 spiro atoms. The minimum absolute atomic E-state index is 0.0544. The summed E-state index contributed by atoms with van der Waals surface area (Å²) in [5, 5.41) is 0. The molecule has 2 heteroatoms. The van der Waals surface area contributed by atoms with Crippen molar-refractivity contribution < 1.29 is 9.53 Å². The van der Waals surface area contributed by atoms with Gasteiger partial charge >= 0.3 is 5.97 Å². The Balaban J connectivity index is 1.72. The molecule has 0 aliphatic heterocycles. The Morgan fingerprint density at radius 1 is 1.04 bits per heavy atom. The van der Waals surface area contributed by atoms with E-state index in [-0.39, 0.29) is 11.4 Å². The smallest absolute Gasteiger partial charge is 0.311 e. The molecule has 0 radical (unpaired) electrons. The van der Waals surface area contributed by atoms with Gasteiger partial charge < -0.3 is 4.74 Å². The lowest BCUT2D eigenvalue weighted by molar-refractivity contribution is -0.205. The second-order valence-electron chi connectivity index (χ2n) is 9.99. The maximum atomic E-state index is 12.6. The Labute approximate surface area is 141 Å². The predicted octanol–water partition coefficient (Wildman–Crippen LogP) is 5.21. The molecule has 0 aromatic heterocycles. The average molecular weight is 319 g/mol. The van der Waals surface area contributed by atoms with Crippen molar-refractivity contribution in [2.24, 2.45) is 39.9 Å². The molecule has 0 aromatic carbocycles. The monoisotopic (exact) mass is 318 g/mol. The predicted molar refractivity (Wildman–Crippen MR) is 91.9 cm³/mol. The molecular formula is C21H34O2. The van der Waals surface area contributed by atoms with Gasteiger partial charge in [0.05, 0.1) is 12.5 Å². The van der Waals surface area contributed by atoms with Crippen LogP contribution in [0.5, 0.6) is 0 Å². The zero-order valence-corrected chi connectivity index (χ0v) is 15.5. The molecule has 0 saturated heterocycles. The maximum Gasteiger partial charge on any atom is 0.311 e. The molecule has 7 atom stereocenters. The molecule has 5 aliphatic rings. The summed E-state index contributed by atoms with van der Waals surface area (Å²) < 4.78 is 5.26. The zero-order valence-electron chi connectivity index (χ0n) is 15.5. The van der Waals surface area contributed by atoms with E-state index in [4.69, 9.17) is 4.74 Å². The Morgan fingerprint density at radius 2 is 1.78 bits per heavy atom. The number of hydrogen-bond acceptors (Lipinski definition) is 2. The van der Waals surface area contributed by atoms with Gasteiger partial charge in [0.15, 0.2) is 0 Å². The molecule has 7 unspecified atom stereocenters. The number of carbonyl (C=O) groups is 1. The van der Waals surface area contributed by atoms with E-state index in [0.717, 1.165) is 24.2 Å². The van der Waals surface area contributed by atoms with Crippen LogP contribution in [0, 0.1) is 39.9 Å². The molecule has 2 nitrogen and oxygen atoms in total. The van der Waals surface area contributed by atoms with E-state index in [1.54, 1.807) is 7.11 Å². The summed E-state index contributed by atoms with van der Waals surface area (Å²) in [4.78, 5) is 12.6. The lowest BCUT2D eigenvalue weighted by atomic mass is 9.36. The molecule has 0 amide bonds. The van der Waals surface area contributed by atoms with Crippen molar-refractivity contribution >= 4 is 5.97 Å². The van der Waals surface area contributed by atoms with Gasteiger partial charge in [-0.3, -0.25) is 4.79 Å². The number of methoxy groups -OCH3 is 1. The number of rotatable bonds is 1. The van der Waals surface area contributed by atoms with E-state index in [2.05, 4.69) is 20.8 Å². The number of carbonyl (C=O) groups excluding carboxylic acids is 1. The highest BCUT2D eigenvalue weighted by Crippen LogP contribution is 2.72. The van der Waals surface area contributed by atoms with Gasteiger partial charge in [0.25, 0.3) is 0 Å². The van der Waals surface area contributed by atoms with Crippen molar-refractivity contribution in [2.75, 3.05) is 7.11 Å². The van der Waals surface area contributed by atoms with E-state index in [1.165, 1.54) is 51.4 Å². The van der Waals surface area contributed by atoms with Crippen LogP contribution in [0.4, 0.5) is 0 Å². The van der Waals surface area contributed by atoms with Crippen molar-refractivity contribution in [3.8, 4) is 0 Å². The van der Waals surface area contributed by atoms with Crippen molar-refractivity contribution in [2.45, 2.75) is 78.6 Å². The Morgan fingerprint density at radius 3 is 2.48 bits per heavy atom. The second kappa shape index (κ2) is 4.99. The fourth-order valence-corrected chi connectivity index (χ4v) is 8.14. The summed E-state index contributed by atoms with van der Waals surface area (Å²) in [6, 6.07) is 0. The highest BCUT2D eigenvalue weighted by Gasteiger charge is 2.65. The van der Waals surface area contributed by atoms with Crippen molar-refractivity contribution in [3.05, 3.63) is 0 Å². The van der Waals surface area contributed by atoms with Crippen LogP contribution in [0.15, 0.2) is 0 Å². The molecule has 0 heterocycles. The Kier molecular flexibility index (Phi) is 3.46. The maximum absolute atomic E-state index is 12.6. The van der Waals surface area contributed by atoms with Crippen LogP contribution in [0.3, 0.4) is 0 Å². The second-order valence-corrected chi connectivity index (χ2v) is 9.99. The van der Waals surface area contributed by atoms with Gasteiger partial charge in [-0.1, -0.05) is 20.3 Å². The zero-order chi connectivity index (χ0) is 16.5. The Bertz CT molecular complexity index is 514. The van der Waals surface area contributed by atoms with Gasteiger partial charge in [-0.05, 0) is 92.8 Å². The number of ether oxygens (including phenoxy) is 1. The van der Waals surface area contributed by atoms with Crippen molar-refractivity contribution in [1.29, 1.82) is 0 Å². The quantitative estimate of drug-likeness (QED) is 0.620. The number of hydrogen-bond donors (Lipinski definition) is 0. The molecule has 5 fully saturated rings. The van der Waals surface area contributed by atoms with E-state index >= 15 is 0 Å². The molecular weight excluding hydrogens is 284 g/mol. The first-order valence-electron chi connectivity index (χ1n) is 9.94. The fraction of sp³-hybridized carbons (Fsp3) is 0.952. The third-order valence-corrected chi connectivity index (χ3v) is 9.18. The summed E-state index contributed by atoms with van der Waals surface area (Å²) >= 11 is 0. The van der Waals surface area contributed by atoms with Gasteiger partial charge in [0, 0.05) is 0 Å². The first kappa shape index (κ1) is 16.0. The van der Waals surface area contributed by atoms with Gasteiger partial charge in [-0.15, -0.1) is 0 Å². The standard InChI is InChI=1S/C21H34O2/c1-14-13-21-10-6-15(14)12-17(21)19(2)8-5-9-20(3,18(22)23-4)16(19)7-11-21/h14-17H,5-13H2,1-4H3. The SMILES string of the molecule is COC(=O)C1(C)CCCC2(C)C3CC4CCC3(CCC12)CC4C. The normalized spacial score (nSPS) is 55.0. The van der Waals surface area contributed by atoms with E-state index < -0.39 is 0 Å². The molecule has 130 valence electrons. The van der Waals surface area contributed by atoms with Crippen molar-refractivity contribution in [1.82, 2.24) is 0 Å². The van der Waals surface area contributed by atoms with E-state index in [1.807, 2.05) is 0 Å². The van der Waals surface area contributed by atoms with Gasteiger partial charge in [0.2, 0.25) is 0 Å². The van der Waals surface area contributed by atoms with Gasteiger partial charge in [-0.2, -0.15) is 0 Å². The van der Waals surface area contributed by atoms with Gasteiger partial charge in [-0.25, -0.2) is 0 Å². The largest absolute Gasteiger partial charge is 0.469 e. The Hall–Kier alpha value is -0.530. The third kappa shape index (κ3) is 1.96. The van der Waals surface area contributed by atoms with Crippen LogP contribution >= 0.6 is 0 Å². The number of fused-ring (bicyclic) bond motifs is 3. The molecule has 2 bridgehead atoms. The van der Waals surface area contributed by atoms with Gasteiger partial charge in [0.1, 0.15) is 0 Å². The van der Waals surface area contributed by atoms with Crippen LogP contribution < -0.4 is 0 Å². The summed E-state index contributed by atoms with van der Waals surface area (Å²) in [5.41, 5.74) is 0.720. The minimum Gasteiger partial charge on any atom is -0.469 e. The summed E-state index contributed by atoms with van der Waals surface area (Å²) in [7, 11) is 1.58. The number of esters is 1. The average Bonchev–Trinajstić information content (AvgIpc) is 2.53. The minimum atomic E-state index is -0.244. The summed E-state index contributed by atoms with van der Waals surface area (Å²) in [6.07, 6.45) is 12.0. The molecule has 5 aliphatic carbocycles. The van der Waals surface area contributed by atoms with Crippen molar-refractivity contribution in [3.63, 3.8) is 0 Å². The molecule has 0 aromatic rings. The van der Waals surface area contributed by atoms with E-state index in [0.29, 0.717) is 16.7 Å². The fourth-order valence-electron chi connectivity index (χ4n) is 8.14. The first-order chi connectivity index (χ1) is 10.9. The summed E-state index contributed by atoms with van der Waals surface area (Å²) in [6.45, 7) is 7.26. The first-order valence-corrected chi connectivity index (χ1v) is 9.94.